The minimum atomic E-state index is -0.229. The minimum Gasteiger partial charge on any atom is -0.460 e. The van der Waals surface area contributed by atoms with Crippen molar-refractivity contribution in [3.8, 4) is 0 Å². The number of hydrogen-bond acceptors (Lipinski definition) is 3. The summed E-state index contributed by atoms with van der Waals surface area (Å²) in [4.78, 5) is 12.2. The third kappa shape index (κ3) is 3.48. The van der Waals surface area contributed by atoms with E-state index in [1.807, 2.05) is 18.4 Å². The SMILES string of the molecule is CCC(Br)COC(=O)c1cccs1. The molecule has 1 aromatic rings. The summed E-state index contributed by atoms with van der Waals surface area (Å²) in [5, 5.41) is 1.86. The first-order valence-corrected chi connectivity index (χ1v) is 5.88. The van der Waals surface area contributed by atoms with E-state index in [2.05, 4.69) is 15.9 Å². The van der Waals surface area contributed by atoms with Gasteiger partial charge in [-0.15, -0.1) is 11.3 Å². The van der Waals surface area contributed by atoms with E-state index >= 15 is 0 Å². The van der Waals surface area contributed by atoms with Crippen LogP contribution in [0.1, 0.15) is 23.0 Å². The molecule has 2 nitrogen and oxygen atoms in total. The van der Waals surface area contributed by atoms with Gasteiger partial charge in [-0.25, -0.2) is 4.79 Å². The number of halogens is 1. The second-order valence-electron chi connectivity index (χ2n) is 2.58. The lowest BCUT2D eigenvalue weighted by Crippen LogP contribution is -2.12. The number of carbonyl (C=O) groups excluding carboxylic acids is 1. The van der Waals surface area contributed by atoms with Crippen LogP contribution >= 0.6 is 27.3 Å². The van der Waals surface area contributed by atoms with E-state index in [1.165, 1.54) is 11.3 Å². The molecule has 0 fully saturated rings. The second-order valence-corrected chi connectivity index (χ2v) is 4.82. The van der Waals surface area contributed by atoms with E-state index in [1.54, 1.807) is 6.07 Å². The summed E-state index contributed by atoms with van der Waals surface area (Å²) in [5.74, 6) is -0.229. The molecule has 0 saturated carbocycles. The number of ether oxygens (including phenoxy) is 1. The predicted octanol–water partition coefficient (Wildman–Crippen LogP) is 3.08. The number of esters is 1. The Hall–Kier alpha value is -0.350. The van der Waals surface area contributed by atoms with Crippen LogP contribution in [0.4, 0.5) is 0 Å². The summed E-state index contributed by atoms with van der Waals surface area (Å²) in [6.07, 6.45) is 0.956. The molecule has 0 spiro atoms. The highest BCUT2D eigenvalue weighted by Crippen LogP contribution is 2.11. The van der Waals surface area contributed by atoms with Gasteiger partial charge in [0.2, 0.25) is 0 Å². The highest BCUT2D eigenvalue weighted by atomic mass is 79.9. The highest BCUT2D eigenvalue weighted by Gasteiger charge is 2.09. The summed E-state index contributed by atoms with van der Waals surface area (Å²) >= 11 is 4.80. The van der Waals surface area contributed by atoms with Gasteiger partial charge in [-0.2, -0.15) is 0 Å². The fourth-order valence-electron chi connectivity index (χ4n) is 0.750. The Morgan fingerprint density at radius 2 is 2.54 bits per heavy atom. The van der Waals surface area contributed by atoms with Gasteiger partial charge in [-0.1, -0.05) is 28.9 Å². The lowest BCUT2D eigenvalue weighted by atomic mass is 10.3. The average Bonchev–Trinajstić information content (AvgIpc) is 2.66. The van der Waals surface area contributed by atoms with Crippen molar-refractivity contribution in [3.05, 3.63) is 22.4 Å². The number of rotatable bonds is 4. The first-order valence-electron chi connectivity index (χ1n) is 4.08. The van der Waals surface area contributed by atoms with Crippen LogP contribution in [0, 0.1) is 0 Å². The van der Waals surface area contributed by atoms with Crippen molar-refractivity contribution in [1.29, 1.82) is 0 Å². The van der Waals surface area contributed by atoms with Gasteiger partial charge in [-0.05, 0) is 17.9 Å². The van der Waals surface area contributed by atoms with Gasteiger partial charge >= 0.3 is 5.97 Å². The van der Waals surface area contributed by atoms with E-state index in [0.717, 1.165) is 6.42 Å². The van der Waals surface area contributed by atoms with Crippen molar-refractivity contribution in [2.45, 2.75) is 18.2 Å². The Morgan fingerprint density at radius 1 is 1.77 bits per heavy atom. The number of alkyl halides is 1. The molecule has 0 amide bonds. The smallest absolute Gasteiger partial charge is 0.348 e. The molecule has 0 aliphatic rings. The lowest BCUT2D eigenvalue weighted by Gasteiger charge is -2.06. The van der Waals surface area contributed by atoms with E-state index < -0.39 is 0 Å². The molecule has 0 aromatic carbocycles. The van der Waals surface area contributed by atoms with E-state index in [0.29, 0.717) is 11.5 Å². The van der Waals surface area contributed by atoms with Crippen molar-refractivity contribution in [2.24, 2.45) is 0 Å². The zero-order valence-corrected chi connectivity index (χ0v) is 9.73. The van der Waals surface area contributed by atoms with Gasteiger partial charge in [0.05, 0.1) is 0 Å². The van der Waals surface area contributed by atoms with Gasteiger partial charge in [-0.3, -0.25) is 0 Å². The number of thiophene rings is 1. The molecule has 0 bridgehead atoms. The van der Waals surface area contributed by atoms with Gasteiger partial charge in [0, 0.05) is 4.83 Å². The van der Waals surface area contributed by atoms with Gasteiger partial charge < -0.3 is 4.74 Å². The van der Waals surface area contributed by atoms with Crippen LogP contribution in [-0.4, -0.2) is 17.4 Å². The van der Waals surface area contributed by atoms with E-state index in [9.17, 15) is 4.79 Å². The minimum absolute atomic E-state index is 0.229. The van der Waals surface area contributed by atoms with Crippen LogP contribution in [0.5, 0.6) is 0 Å². The zero-order valence-electron chi connectivity index (χ0n) is 7.33. The predicted molar refractivity (Wildman–Crippen MR) is 57.6 cm³/mol. The quantitative estimate of drug-likeness (QED) is 0.616. The Morgan fingerprint density at radius 3 is 3.08 bits per heavy atom. The molecule has 72 valence electrons. The molecule has 0 aliphatic heterocycles. The second kappa shape index (κ2) is 5.40. The van der Waals surface area contributed by atoms with Crippen LogP contribution in [0.15, 0.2) is 17.5 Å². The van der Waals surface area contributed by atoms with Crippen molar-refractivity contribution in [3.63, 3.8) is 0 Å². The molecular formula is C9H11BrO2S. The van der Waals surface area contributed by atoms with Gasteiger partial charge in [0.1, 0.15) is 11.5 Å². The summed E-state index contributed by atoms with van der Waals surface area (Å²) in [7, 11) is 0. The zero-order chi connectivity index (χ0) is 9.68. The van der Waals surface area contributed by atoms with Crippen LogP contribution in [0.2, 0.25) is 0 Å². The highest BCUT2D eigenvalue weighted by molar-refractivity contribution is 9.09. The Kier molecular flexibility index (Phi) is 4.45. The maximum absolute atomic E-state index is 11.3. The van der Waals surface area contributed by atoms with Gasteiger partial charge in [0.15, 0.2) is 0 Å². The van der Waals surface area contributed by atoms with Crippen LogP contribution in [0.25, 0.3) is 0 Å². The molecule has 1 heterocycles. The van der Waals surface area contributed by atoms with Crippen LogP contribution in [-0.2, 0) is 4.74 Å². The summed E-state index contributed by atoms with van der Waals surface area (Å²) in [6, 6.07) is 3.61. The number of hydrogen-bond donors (Lipinski definition) is 0. The van der Waals surface area contributed by atoms with Crippen molar-refractivity contribution >= 4 is 33.2 Å². The molecule has 1 atom stereocenters. The Bertz CT molecular complexity index is 259. The molecule has 13 heavy (non-hydrogen) atoms. The maximum Gasteiger partial charge on any atom is 0.348 e. The summed E-state index contributed by atoms with van der Waals surface area (Å²) in [5.41, 5.74) is 0. The topological polar surface area (TPSA) is 26.3 Å². The monoisotopic (exact) mass is 262 g/mol. The lowest BCUT2D eigenvalue weighted by molar-refractivity contribution is 0.0513. The van der Waals surface area contributed by atoms with Crippen LogP contribution < -0.4 is 0 Å². The molecular weight excluding hydrogens is 252 g/mol. The molecule has 0 aliphatic carbocycles. The standard InChI is InChI=1S/C9H11BrO2S/c1-2-7(10)6-12-9(11)8-4-3-5-13-8/h3-5,7H,2,6H2,1H3. The van der Waals surface area contributed by atoms with Crippen molar-refractivity contribution < 1.29 is 9.53 Å². The normalized spacial score (nSPS) is 12.5. The Balaban J connectivity index is 2.35. The first kappa shape index (κ1) is 10.7. The third-order valence-corrected chi connectivity index (χ3v) is 3.32. The first-order chi connectivity index (χ1) is 6.24. The summed E-state index contributed by atoms with van der Waals surface area (Å²) < 4.78 is 5.06. The molecule has 0 N–H and O–H groups in total. The average molecular weight is 263 g/mol. The largest absolute Gasteiger partial charge is 0.460 e. The maximum atomic E-state index is 11.3. The molecule has 0 radical (unpaired) electrons. The molecule has 1 rings (SSSR count). The molecule has 1 aromatic heterocycles. The fraction of sp³-hybridized carbons (Fsp3) is 0.444. The summed E-state index contributed by atoms with van der Waals surface area (Å²) in [6.45, 7) is 2.48. The van der Waals surface area contributed by atoms with E-state index in [4.69, 9.17) is 4.74 Å². The van der Waals surface area contributed by atoms with E-state index in [-0.39, 0.29) is 10.8 Å². The van der Waals surface area contributed by atoms with Crippen LogP contribution in [0.3, 0.4) is 0 Å². The van der Waals surface area contributed by atoms with Crippen molar-refractivity contribution in [2.75, 3.05) is 6.61 Å². The Labute approximate surface area is 90.0 Å². The molecule has 1 unspecified atom stereocenters. The number of carbonyl (C=O) groups is 1. The molecule has 0 saturated heterocycles. The fourth-order valence-corrected chi connectivity index (χ4v) is 1.50. The van der Waals surface area contributed by atoms with Crippen molar-refractivity contribution in [1.82, 2.24) is 0 Å². The molecule has 4 heteroatoms. The van der Waals surface area contributed by atoms with Gasteiger partial charge in [0.25, 0.3) is 0 Å². The third-order valence-electron chi connectivity index (χ3n) is 1.56.